The van der Waals surface area contributed by atoms with E-state index >= 15 is 0 Å². The van der Waals surface area contributed by atoms with Gasteiger partial charge in [0.05, 0.1) is 11.4 Å². The second-order valence-electron chi connectivity index (χ2n) is 5.50. The fraction of sp³-hybridized carbons (Fsp3) is 0.444. The molecular weight excluding hydrogens is 312 g/mol. The summed E-state index contributed by atoms with van der Waals surface area (Å²) >= 11 is 6.04. The average Bonchev–Trinajstić information content (AvgIpc) is 2.94. The number of halogens is 1. The van der Waals surface area contributed by atoms with Crippen molar-refractivity contribution >= 4 is 17.6 Å². The highest BCUT2D eigenvalue weighted by Gasteiger charge is 2.14. The molecule has 1 aromatic heterocycles. The molecule has 0 unspecified atom stereocenters. The Labute approximate surface area is 142 Å². The van der Waals surface area contributed by atoms with Crippen LogP contribution >= 0.6 is 11.6 Å². The topological polar surface area (TPSA) is 44.1 Å². The zero-order valence-corrected chi connectivity index (χ0v) is 14.5. The van der Waals surface area contributed by atoms with Crippen molar-refractivity contribution < 1.29 is 9.53 Å². The lowest BCUT2D eigenvalue weighted by atomic mass is 10.2. The van der Waals surface area contributed by atoms with Gasteiger partial charge in [-0.25, -0.2) is 4.68 Å². The second kappa shape index (κ2) is 8.73. The molecule has 0 radical (unpaired) electrons. The van der Waals surface area contributed by atoms with Gasteiger partial charge >= 0.3 is 5.97 Å². The molecule has 0 saturated heterocycles. The van der Waals surface area contributed by atoms with Crippen LogP contribution in [0.5, 0.6) is 5.88 Å². The minimum atomic E-state index is -0.216. The lowest BCUT2D eigenvalue weighted by Gasteiger charge is -2.08. The number of aromatic nitrogens is 2. The van der Waals surface area contributed by atoms with Crippen LogP contribution in [0.15, 0.2) is 30.3 Å². The third-order valence-electron chi connectivity index (χ3n) is 3.60. The molecule has 1 heterocycles. The number of hydrogen-bond donors (Lipinski definition) is 0. The van der Waals surface area contributed by atoms with Gasteiger partial charge < -0.3 is 4.74 Å². The Balaban J connectivity index is 2.12. The third-order valence-corrected chi connectivity index (χ3v) is 3.83. The minimum absolute atomic E-state index is 0.216. The van der Waals surface area contributed by atoms with E-state index in [9.17, 15) is 4.79 Å². The van der Waals surface area contributed by atoms with Gasteiger partial charge in [-0.1, -0.05) is 50.8 Å². The maximum absolute atomic E-state index is 12.0. The molecule has 0 bridgehead atoms. The lowest BCUT2D eigenvalue weighted by Crippen LogP contribution is -2.11. The number of aryl methyl sites for hydroxylation is 1. The van der Waals surface area contributed by atoms with Crippen LogP contribution in [-0.4, -0.2) is 15.7 Å². The van der Waals surface area contributed by atoms with Gasteiger partial charge in [0.1, 0.15) is 0 Å². The molecule has 0 saturated carbocycles. The highest BCUT2D eigenvalue weighted by atomic mass is 35.5. The molecule has 2 aromatic rings. The number of hydrogen-bond acceptors (Lipinski definition) is 3. The minimum Gasteiger partial charge on any atom is -0.407 e. The van der Waals surface area contributed by atoms with E-state index in [1.54, 1.807) is 16.8 Å². The van der Waals surface area contributed by atoms with Gasteiger partial charge in [0.25, 0.3) is 0 Å². The van der Waals surface area contributed by atoms with Crippen LogP contribution in [0.2, 0.25) is 5.02 Å². The van der Waals surface area contributed by atoms with Crippen LogP contribution in [0.1, 0.15) is 51.6 Å². The van der Waals surface area contributed by atoms with Crippen LogP contribution in [-0.2, 0) is 11.2 Å². The van der Waals surface area contributed by atoms with E-state index in [0.717, 1.165) is 43.5 Å². The summed E-state index contributed by atoms with van der Waals surface area (Å²) in [6.45, 7) is 4.16. The van der Waals surface area contributed by atoms with Crippen LogP contribution in [0.25, 0.3) is 5.69 Å². The molecule has 0 aliphatic rings. The number of ether oxygens (including phenoxy) is 1. The lowest BCUT2D eigenvalue weighted by molar-refractivity contribution is -0.134. The molecule has 0 aliphatic heterocycles. The van der Waals surface area contributed by atoms with E-state index < -0.39 is 0 Å². The fourth-order valence-corrected chi connectivity index (χ4v) is 2.50. The van der Waals surface area contributed by atoms with E-state index in [-0.39, 0.29) is 5.97 Å². The Morgan fingerprint density at radius 3 is 2.74 bits per heavy atom. The second-order valence-corrected chi connectivity index (χ2v) is 5.94. The summed E-state index contributed by atoms with van der Waals surface area (Å²) in [6.07, 6.45) is 5.42. The number of rotatable bonds is 8. The number of unbranched alkanes of at least 4 members (excludes halogenated alkanes) is 3. The Morgan fingerprint density at radius 1 is 1.22 bits per heavy atom. The summed E-state index contributed by atoms with van der Waals surface area (Å²) in [4.78, 5) is 12.0. The molecule has 124 valence electrons. The van der Waals surface area contributed by atoms with Gasteiger partial charge in [-0.3, -0.25) is 4.79 Å². The zero-order valence-electron chi connectivity index (χ0n) is 13.7. The summed E-state index contributed by atoms with van der Waals surface area (Å²) in [6, 6.07) is 9.14. The van der Waals surface area contributed by atoms with Crippen molar-refractivity contribution in [2.24, 2.45) is 0 Å². The molecule has 2 rings (SSSR count). The van der Waals surface area contributed by atoms with Crippen molar-refractivity contribution in [2.75, 3.05) is 0 Å². The van der Waals surface area contributed by atoms with Gasteiger partial charge in [-0.15, -0.1) is 0 Å². The first kappa shape index (κ1) is 17.5. The number of benzene rings is 1. The molecular formula is C18H23ClN2O2. The summed E-state index contributed by atoms with van der Waals surface area (Å²) in [5.41, 5.74) is 1.66. The summed E-state index contributed by atoms with van der Waals surface area (Å²) in [5, 5.41) is 5.10. The molecule has 4 nitrogen and oxygen atoms in total. The molecule has 0 amide bonds. The number of esters is 1. The molecule has 0 aliphatic carbocycles. The average molecular weight is 335 g/mol. The fourth-order valence-electron chi connectivity index (χ4n) is 2.31. The van der Waals surface area contributed by atoms with Crippen molar-refractivity contribution in [3.8, 4) is 11.6 Å². The van der Waals surface area contributed by atoms with Gasteiger partial charge in [-0.05, 0) is 31.0 Å². The first-order chi connectivity index (χ1) is 11.1. The van der Waals surface area contributed by atoms with E-state index in [1.807, 2.05) is 25.1 Å². The predicted octanol–water partition coefficient (Wildman–Crippen LogP) is 4.96. The van der Waals surface area contributed by atoms with Crippen molar-refractivity contribution in [2.45, 2.75) is 52.4 Å². The first-order valence-corrected chi connectivity index (χ1v) is 8.57. The normalized spacial score (nSPS) is 10.7. The Kier molecular flexibility index (Phi) is 6.66. The largest absolute Gasteiger partial charge is 0.407 e. The molecule has 1 aromatic carbocycles. The Morgan fingerprint density at radius 2 is 2.04 bits per heavy atom. The van der Waals surface area contributed by atoms with Gasteiger partial charge in [0.15, 0.2) is 0 Å². The molecule has 0 N–H and O–H groups in total. The SMILES string of the molecule is CCCCCCC(=O)Oc1cc(CC)nn1-c1cccc(Cl)c1. The molecule has 0 fully saturated rings. The molecule has 5 heteroatoms. The summed E-state index contributed by atoms with van der Waals surface area (Å²) < 4.78 is 7.15. The number of carbonyl (C=O) groups is 1. The van der Waals surface area contributed by atoms with Crippen molar-refractivity contribution in [1.29, 1.82) is 0 Å². The highest BCUT2D eigenvalue weighted by molar-refractivity contribution is 6.30. The van der Waals surface area contributed by atoms with E-state index in [2.05, 4.69) is 12.0 Å². The third kappa shape index (κ3) is 5.10. The van der Waals surface area contributed by atoms with Gasteiger partial charge in [0.2, 0.25) is 5.88 Å². The van der Waals surface area contributed by atoms with Gasteiger partial charge in [0, 0.05) is 17.5 Å². The maximum Gasteiger partial charge on any atom is 0.312 e. The molecule has 0 spiro atoms. The first-order valence-electron chi connectivity index (χ1n) is 8.19. The number of nitrogens with zero attached hydrogens (tertiary/aromatic N) is 2. The van der Waals surface area contributed by atoms with E-state index in [0.29, 0.717) is 17.3 Å². The number of carbonyl (C=O) groups excluding carboxylic acids is 1. The predicted molar refractivity (Wildman–Crippen MR) is 92.3 cm³/mol. The van der Waals surface area contributed by atoms with Crippen molar-refractivity contribution in [3.63, 3.8) is 0 Å². The van der Waals surface area contributed by atoms with Crippen LogP contribution in [0, 0.1) is 0 Å². The van der Waals surface area contributed by atoms with E-state index in [4.69, 9.17) is 16.3 Å². The monoisotopic (exact) mass is 334 g/mol. The maximum atomic E-state index is 12.0. The summed E-state index contributed by atoms with van der Waals surface area (Å²) in [7, 11) is 0. The molecule has 23 heavy (non-hydrogen) atoms. The Hall–Kier alpha value is -1.81. The van der Waals surface area contributed by atoms with E-state index in [1.165, 1.54) is 0 Å². The smallest absolute Gasteiger partial charge is 0.312 e. The zero-order chi connectivity index (χ0) is 16.7. The highest BCUT2D eigenvalue weighted by Crippen LogP contribution is 2.23. The van der Waals surface area contributed by atoms with Crippen LogP contribution in [0.3, 0.4) is 0 Å². The Bertz CT molecular complexity index is 652. The quantitative estimate of drug-likeness (QED) is 0.506. The summed E-state index contributed by atoms with van der Waals surface area (Å²) in [5.74, 6) is 0.233. The van der Waals surface area contributed by atoms with Crippen molar-refractivity contribution in [3.05, 3.63) is 41.0 Å². The van der Waals surface area contributed by atoms with Gasteiger partial charge in [-0.2, -0.15) is 5.10 Å². The van der Waals surface area contributed by atoms with Crippen molar-refractivity contribution in [1.82, 2.24) is 9.78 Å². The molecule has 0 atom stereocenters. The van der Waals surface area contributed by atoms with Crippen LogP contribution < -0.4 is 4.74 Å². The van der Waals surface area contributed by atoms with Crippen LogP contribution in [0.4, 0.5) is 0 Å². The standard InChI is InChI=1S/C18H23ClN2O2/c1-3-5-6-7-11-18(22)23-17-13-15(4-2)20-21(17)16-10-8-9-14(19)12-16/h8-10,12-13H,3-7,11H2,1-2H3.